The maximum atomic E-state index is 13.6. The number of piperidine rings is 1. The van der Waals surface area contributed by atoms with Crippen molar-refractivity contribution >= 4 is 28.5 Å². The molecule has 0 aliphatic carbocycles. The second kappa shape index (κ2) is 9.43. The summed E-state index contributed by atoms with van der Waals surface area (Å²) in [6.07, 6.45) is 1.22. The summed E-state index contributed by atoms with van der Waals surface area (Å²) in [6.45, 7) is 1.00. The molecule has 1 aliphatic heterocycles. The second-order valence-corrected chi connectivity index (χ2v) is 8.46. The van der Waals surface area contributed by atoms with Gasteiger partial charge in [0, 0.05) is 41.7 Å². The van der Waals surface area contributed by atoms with E-state index in [1.54, 1.807) is 18.1 Å². The largest absolute Gasteiger partial charge is 0.497 e. The minimum atomic E-state index is -0.157. The third-order valence-corrected chi connectivity index (χ3v) is 6.35. The fourth-order valence-corrected chi connectivity index (χ4v) is 4.50. The minimum absolute atomic E-state index is 0.000828. The summed E-state index contributed by atoms with van der Waals surface area (Å²) < 4.78 is 11.5. The number of benzene rings is 3. The molecule has 6 heteroatoms. The van der Waals surface area contributed by atoms with Gasteiger partial charge in [0.25, 0.3) is 5.91 Å². The van der Waals surface area contributed by atoms with Gasteiger partial charge in [-0.3, -0.25) is 9.59 Å². The average Bonchev–Trinajstić information content (AvgIpc) is 3.28. The highest BCUT2D eigenvalue weighted by atomic mass is 16.5. The number of nitrogens with one attached hydrogen (secondary N) is 1. The van der Waals surface area contributed by atoms with Gasteiger partial charge in [0.1, 0.15) is 11.3 Å². The number of rotatable bonds is 5. The fraction of sp³-hybridized carbons (Fsp3) is 0.214. The lowest BCUT2D eigenvalue weighted by Crippen LogP contribution is -2.41. The number of para-hydroxylation sites is 1. The number of furan rings is 1. The Kier molecular flexibility index (Phi) is 6.04. The van der Waals surface area contributed by atoms with E-state index in [1.165, 1.54) is 0 Å². The summed E-state index contributed by atoms with van der Waals surface area (Å²) in [5.41, 5.74) is 3.11. The molecule has 0 saturated carbocycles. The Bertz CT molecular complexity index is 1310. The van der Waals surface area contributed by atoms with E-state index in [1.807, 2.05) is 72.8 Å². The maximum Gasteiger partial charge on any atom is 0.290 e. The van der Waals surface area contributed by atoms with Gasteiger partial charge in [0.2, 0.25) is 11.7 Å². The van der Waals surface area contributed by atoms with E-state index in [0.717, 1.165) is 22.2 Å². The molecule has 6 nitrogen and oxygen atoms in total. The van der Waals surface area contributed by atoms with Crippen LogP contribution in [0.1, 0.15) is 23.4 Å². The van der Waals surface area contributed by atoms with E-state index in [-0.39, 0.29) is 17.7 Å². The molecule has 1 N–H and O–H groups in total. The van der Waals surface area contributed by atoms with Crippen molar-refractivity contribution in [3.63, 3.8) is 0 Å². The molecule has 1 aromatic heterocycles. The van der Waals surface area contributed by atoms with Gasteiger partial charge >= 0.3 is 0 Å². The molecule has 1 saturated heterocycles. The molecule has 0 spiro atoms. The SMILES string of the molecule is COc1ccc2c(-c3ccccc3)c(C(=O)N3CCC(C(=O)Nc4ccccc4)CC3)oc2c1. The van der Waals surface area contributed by atoms with Crippen molar-refractivity contribution in [2.24, 2.45) is 5.92 Å². The zero-order valence-corrected chi connectivity index (χ0v) is 19.0. The van der Waals surface area contributed by atoms with Crippen molar-refractivity contribution < 1.29 is 18.7 Å². The Morgan fingerprint density at radius 2 is 1.62 bits per heavy atom. The summed E-state index contributed by atoms with van der Waals surface area (Å²) in [5.74, 6) is 0.708. The lowest BCUT2D eigenvalue weighted by Gasteiger charge is -2.31. The molecule has 172 valence electrons. The Balaban J connectivity index is 1.37. The summed E-state index contributed by atoms with van der Waals surface area (Å²) in [7, 11) is 1.60. The van der Waals surface area contributed by atoms with Crippen molar-refractivity contribution in [1.82, 2.24) is 4.90 Å². The monoisotopic (exact) mass is 454 g/mol. The van der Waals surface area contributed by atoms with Gasteiger partial charge in [0.05, 0.1) is 7.11 Å². The Morgan fingerprint density at radius 3 is 2.29 bits per heavy atom. The lowest BCUT2D eigenvalue weighted by atomic mass is 9.95. The Hall–Kier alpha value is -4.06. The van der Waals surface area contributed by atoms with Gasteiger partial charge in [-0.2, -0.15) is 0 Å². The summed E-state index contributed by atoms with van der Waals surface area (Å²) in [6, 6.07) is 24.8. The van der Waals surface area contributed by atoms with Crippen molar-refractivity contribution in [1.29, 1.82) is 0 Å². The number of anilines is 1. The number of amides is 2. The van der Waals surface area contributed by atoms with Crippen LogP contribution in [-0.4, -0.2) is 36.9 Å². The Morgan fingerprint density at radius 1 is 0.941 bits per heavy atom. The number of ether oxygens (including phenoxy) is 1. The first-order valence-corrected chi connectivity index (χ1v) is 11.4. The first kappa shape index (κ1) is 21.8. The van der Waals surface area contributed by atoms with Gasteiger partial charge in [-0.05, 0) is 42.7 Å². The fourth-order valence-electron chi connectivity index (χ4n) is 4.50. The molecule has 2 amide bonds. The number of likely N-dealkylation sites (tertiary alicyclic amines) is 1. The van der Waals surface area contributed by atoms with Crippen molar-refractivity contribution in [2.75, 3.05) is 25.5 Å². The maximum absolute atomic E-state index is 13.6. The van der Waals surface area contributed by atoms with Gasteiger partial charge in [-0.15, -0.1) is 0 Å². The van der Waals surface area contributed by atoms with Gasteiger partial charge in [-0.1, -0.05) is 48.5 Å². The van der Waals surface area contributed by atoms with Crippen LogP contribution in [-0.2, 0) is 4.79 Å². The van der Waals surface area contributed by atoms with E-state index >= 15 is 0 Å². The van der Waals surface area contributed by atoms with Crippen LogP contribution >= 0.6 is 0 Å². The molecule has 0 unspecified atom stereocenters. The molecule has 3 aromatic carbocycles. The lowest BCUT2D eigenvalue weighted by molar-refractivity contribution is -0.121. The molecule has 4 aromatic rings. The molecule has 0 bridgehead atoms. The van der Waals surface area contributed by atoms with Gasteiger partial charge in [-0.25, -0.2) is 0 Å². The van der Waals surface area contributed by atoms with E-state index in [2.05, 4.69) is 5.32 Å². The normalized spacial score (nSPS) is 14.2. The Labute approximate surface area is 198 Å². The quantitative estimate of drug-likeness (QED) is 0.426. The summed E-state index contributed by atoms with van der Waals surface area (Å²) in [5, 5.41) is 3.84. The van der Waals surface area contributed by atoms with Crippen molar-refractivity contribution in [2.45, 2.75) is 12.8 Å². The van der Waals surface area contributed by atoms with Crippen molar-refractivity contribution in [3.05, 3.63) is 84.6 Å². The molecule has 0 atom stereocenters. The molecule has 2 heterocycles. The van der Waals surface area contributed by atoms with Crippen molar-refractivity contribution in [3.8, 4) is 16.9 Å². The highest BCUT2D eigenvalue weighted by Gasteiger charge is 2.31. The molecule has 0 radical (unpaired) electrons. The third kappa shape index (κ3) is 4.27. The van der Waals surface area contributed by atoms with Gasteiger partial charge < -0.3 is 19.4 Å². The van der Waals surface area contributed by atoms with E-state index in [9.17, 15) is 9.59 Å². The van der Waals surface area contributed by atoms with Crippen LogP contribution in [0, 0.1) is 5.92 Å². The van der Waals surface area contributed by atoms with Crippen LogP contribution in [0.25, 0.3) is 22.1 Å². The highest BCUT2D eigenvalue weighted by molar-refractivity contribution is 6.08. The number of hydrogen-bond acceptors (Lipinski definition) is 4. The smallest absolute Gasteiger partial charge is 0.290 e. The van der Waals surface area contributed by atoms with Crippen LogP contribution in [0.15, 0.2) is 83.3 Å². The van der Waals surface area contributed by atoms with Crippen LogP contribution in [0.2, 0.25) is 0 Å². The number of methoxy groups -OCH3 is 1. The topological polar surface area (TPSA) is 71.8 Å². The summed E-state index contributed by atoms with van der Waals surface area (Å²) >= 11 is 0. The zero-order valence-electron chi connectivity index (χ0n) is 19.0. The number of hydrogen-bond donors (Lipinski definition) is 1. The van der Waals surface area contributed by atoms with Crippen LogP contribution in [0.4, 0.5) is 5.69 Å². The molecule has 5 rings (SSSR count). The van der Waals surface area contributed by atoms with E-state index in [4.69, 9.17) is 9.15 Å². The molecule has 1 aliphatic rings. The zero-order chi connectivity index (χ0) is 23.5. The average molecular weight is 455 g/mol. The number of nitrogens with zero attached hydrogens (tertiary/aromatic N) is 1. The number of carbonyl (C=O) groups excluding carboxylic acids is 2. The molecule has 1 fully saturated rings. The third-order valence-electron chi connectivity index (χ3n) is 6.35. The molecular weight excluding hydrogens is 428 g/mol. The van der Waals surface area contributed by atoms with Crippen LogP contribution < -0.4 is 10.1 Å². The highest BCUT2D eigenvalue weighted by Crippen LogP contribution is 2.37. The minimum Gasteiger partial charge on any atom is -0.497 e. The number of fused-ring (bicyclic) bond motifs is 1. The predicted octanol–water partition coefficient (Wildman–Crippen LogP) is 5.60. The predicted molar refractivity (Wildman–Crippen MR) is 132 cm³/mol. The van der Waals surface area contributed by atoms with Crippen LogP contribution in [0.3, 0.4) is 0 Å². The number of carbonyl (C=O) groups is 2. The standard InChI is InChI=1S/C28H26N2O4/c1-33-22-12-13-23-24(18-22)34-26(25(23)19-8-4-2-5-9-19)28(32)30-16-14-20(15-17-30)27(31)29-21-10-6-3-7-11-21/h2-13,18,20H,14-17H2,1H3,(H,29,31). The second-order valence-electron chi connectivity index (χ2n) is 8.46. The summed E-state index contributed by atoms with van der Waals surface area (Å²) in [4.78, 5) is 28.1. The first-order chi connectivity index (χ1) is 16.6. The van der Waals surface area contributed by atoms with E-state index < -0.39 is 0 Å². The van der Waals surface area contributed by atoms with Crippen LogP contribution in [0.5, 0.6) is 5.75 Å². The van der Waals surface area contributed by atoms with Gasteiger partial charge in [0.15, 0.2) is 0 Å². The molecular formula is C28H26N2O4. The van der Waals surface area contributed by atoms with E-state index in [0.29, 0.717) is 43.0 Å². The molecule has 34 heavy (non-hydrogen) atoms. The first-order valence-electron chi connectivity index (χ1n) is 11.4.